The van der Waals surface area contributed by atoms with Crippen LogP contribution in [0.25, 0.3) is 5.57 Å². The Morgan fingerprint density at radius 3 is 2.11 bits per heavy atom. The van der Waals surface area contributed by atoms with E-state index in [1.54, 1.807) is 12.1 Å². The molecule has 1 fully saturated rings. The van der Waals surface area contributed by atoms with Crippen LogP contribution < -0.4 is 10.0 Å². The number of anilines is 1. The minimum Gasteiger partial charge on any atom is -0.377 e. The number of hydrogen-bond acceptors (Lipinski definition) is 8. The van der Waals surface area contributed by atoms with E-state index in [4.69, 9.17) is 21.5 Å². The summed E-state index contributed by atoms with van der Waals surface area (Å²) in [7, 11) is -10.8. The van der Waals surface area contributed by atoms with Crippen molar-refractivity contribution in [3.05, 3.63) is 94.0 Å². The number of hydrogen-bond donors (Lipinski definition) is 1. The summed E-state index contributed by atoms with van der Waals surface area (Å²) in [6.45, 7) is 4.72. The molecule has 3 aromatic rings. The van der Waals surface area contributed by atoms with Crippen molar-refractivity contribution in [2.45, 2.75) is 21.7 Å². The molecule has 2 heterocycles. The van der Waals surface area contributed by atoms with Gasteiger partial charge < -0.3 is 9.64 Å². The van der Waals surface area contributed by atoms with Gasteiger partial charge in [-0.25, -0.2) is 22.0 Å². The lowest BCUT2D eigenvalue weighted by molar-refractivity contribution is -0.0436. The van der Waals surface area contributed by atoms with E-state index in [9.17, 15) is 34.8 Å². The van der Waals surface area contributed by atoms with Crippen LogP contribution in [0.15, 0.2) is 82.1 Å². The molecule has 5 rings (SSSR count). The number of piperazine rings is 1. The molecule has 0 atom stereocenters. The van der Waals surface area contributed by atoms with Gasteiger partial charge in [0.25, 0.3) is 9.84 Å². The molecule has 0 amide bonds. The third-order valence-electron chi connectivity index (χ3n) is 7.79. The van der Waals surface area contributed by atoms with E-state index in [1.807, 2.05) is 24.3 Å². The molecule has 0 bridgehead atoms. The fourth-order valence-corrected chi connectivity index (χ4v) is 7.42. The highest BCUT2D eigenvalue weighted by Gasteiger charge is 2.49. The number of alkyl halides is 3. The van der Waals surface area contributed by atoms with Crippen molar-refractivity contribution in [1.82, 2.24) is 4.90 Å². The summed E-state index contributed by atoms with van der Waals surface area (Å²) >= 11 is 6.06. The van der Waals surface area contributed by atoms with E-state index in [-0.39, 0.29) is 5.56 Å². The van der Waals surface area contributed by atoms with Gasteiger partial charge in [-0.05, 0) is 71.7 Å². The molecule has 0 radical (unpaired) electrons. The largest absolute Gasteiger partial charge is 0.501 e. The van der Waals surface area contributed by atoms with Gasteiger partial charge in [-0.3, -0.25) is 9.69 Å². The number of benzene rings is 3. The van der Waals surface area contributed by atoms with Gasteiger partial charge in [0.2, 0.25) is 10.0 Å². The second-order valence-corrected chi connectivity index (χ2v) is 14.5. The van der Waals surface area contributed by atoms with E-state index in [2.05, 4.69) is 9.80 Å². The predicted octanol–water partition coefficient (Wildman–Crippen LogP) is 4.51. The van der Waals surface area contributed by atoms with Crippen LogP contribution in [0.3, 0.4) is 0 Å². The molecule has 0 aromatic heterocycles. The summed E-state index contributed by atoms with van der Waals surface area (Å²) in [5.41, 5.74) is -2.80. The average Bonchev–Trinajstić information content (AvgIpc) is 3.00. The maximum atomic E-state index is 13.4. The number of carbonyl (C=O) groups excluding carboxylic acids is 1. The summed E-state index contributed by atoms with van der Waals surface area (Å²) in [6, 6.07) is 15.7. The van der Waals surface area contributed by atoms with Crippen LogP contribution in [0.2, 0.25) is 5.02 Å². The summed E-state index contributed by atoms with van der Waals surface area (Å²) in [5, 5.41) is 5.82. The Kier molecular flexibility index (Phi) is 9.45. The zero-order valence-electron chi connectivity index (χ0n) is 23.8. The number of ether oxygens (including phenoxy) is 1. The van der Waals surface area contributed by atoms with E-state index in [1.165, 1.54) is 23.3 Å². The van der Waals surface area contributed by atoms with Crippen molar-refractivity contribution in [2.24, 2.45) is 5.14 Å². The Balaban J connectivity index is 1.32. The highest BCUT2D eigenvalue weighted by molar-refractivity contribution is 7.92. The fraction of sp³-hybridized carbons (Fsp3) is 0.300. The summed E-state index contributed by atoms with van der Waals surface area (Å²) in [4.78, 5) is 15.3. The molecule has 1 saturated heterocycles. The van der Waals surface area contributed by atoms with Gasteiger partial charge >= 0.3 is 5.51 Å². The average molecular weight is 684 g/mol. The third kappa shape index (κ3) is 7.11. The van der Waals surface area contributed by atoms with E-state index < -0.39 is 46.5 Å². The number of primary sulfonamides is 1. The Hall–Kier alpha value is -3.27. The van der Waals surface area contributed by atoms with Crippen LogP contribution >= 0.6 is 11.6 Å². The topological polar surface area (TPSA) is 127 Å². The molecular weight excluding hydrogens is 655 g/mol. The second kappa shape index (κ2) is 12.9. The van der Waals surface area contributed by atoms with Gasteiger partial charge in [0.1, 0.15) is 0 Å². The molecule has 3 aromatic carbocycles. The Labute approximate surface area is 264 Å². The van der Waals surface area contributed by atoms with Crippen molar-refractivity contribution >= 4 is 48.5 Å². The van der Waals surface area contributed by atoms with Crippen LogP contribution in [0.1, 0.15) is 27.9 Å². The van der Waals surface area contributed by atoms with Gasteiger partial charge in [-0.1, -0.05) is 29.8 Å². The predicted molar refractivity (Wildman–Crippen MR) is 163 cm³/mol. The van der Waals surface area contributed by atoms with E-state index in [0.717, 1.165) is 49.4 Å². The standard InChI is InChI=1S/C30H29ClF3N3O6S2/c31-23-8-4-20(5-9-23)25-12-17-43-19-22(25)18-36-13-15-37(16-14-36)24-10-6-21(7-11-24)29(38)28-26(44(39,40)30(32,33)34)2-1-3-27(28)45(35,41)42/h1-11H,12-19H2,(H2,35,41,42). The fourth-order valence-electron chi connectivity index (χ4n) is 5.50. The number of carbonyl (C=O) groups is 1. The zero-order chi connectivity index (χ0) is 32.6. The minimum absolute atomic E-state index is 0.203. The first kappa shape index (κ1) is 33.1. The van der Waals surface area contributed by atoms with Gasteiger partial charge in [-0.15, -0.1) is 0 Å². The van der Waals surface area contributed by atoms with Crippen LogP contribution in [0.5, 0.6) is 0 Å². The van der Waals surface area contributed by atoms with Crippen molar-refractivity contribution in [3.8, 4) is 0 Å². The number of nitrogens with zero attached hydrogens (tertiary/aromatic N) is 2. The smallest absolute Gasteiger partial charge is 0.377 e. The number of rotatable bonds is 8. The summed E-state index contributed by atoms with van der Waals surface area (Å²) in [6.07, 6.45) is 0.813. The second-order valence-electron chi connectivity index (χ2n) is 10.7. The zero-order valence-corrected chi connectivity index (χ0v) is 26.1. The molecule has 0 spiro atoms. The lowest BCUT2D eigenvalue weighted by Gasteiger charge is -2.37. The van der Waals surface area contributed by atoms with Crippen LogP contribution in [-0.2, 0) is 24.6 Å². The van der Waals surface area contributed by atoms with Crippen LogP contribution in [0, 0.1) is 0 Å². The number of sulfonamides is 1. The first-order valence-corrected chi connectivity index (χ1v) is 17.2. The molecule has 15 heteroatoms. The van der Waals surface area contributed by atoms with Gasteiger partial charge in [0, 0.05) is 49.0 Å². The van der Waals surface area contributed by atoms with Gasteiger partial charge in [0.05, 0.1) is 28.6 Å². The molecule has 0 aliphatic carbocycles. The SMILES string of the molecule is NS(=O)(=O)c1cccc(S(=O)(=O)C(F)(F)F)c1C(=O)c1ccc(N2CCN(CC3=C(c4ccc(Cl)cc4)CCOC3)CC2)cc1. The van der Waals surface area contributed by atoms with E-state index >= 15 is 0 Å². The Morgan fingerprint density at radius 2 is 1.51 bits per heavy atom. The number of ketones is 1. The maximum Gasteiger partial charge on any atom is 0.501 e. The lowest BCUT2D eigenvalue weighted by Crippen LogP contribution is -2.47. The Morgan fingerprint density at radius 1 is 0.889 bits per heavy atom. The maximum absolute atomic E-state index is 13.4. The molecule has 0 saturated carbocycles. The molecule has 9 nitrogen and oxygen atoms in total. The van der Waals surface area contributed by atoms with Crippen molar-refractivity contribution in [1.29, 1.82) is 0 Å². The number of halogens is 4. The molecule has 2 aliphatic rings. The summed E-state index contributed by atoms with van der Waals surface area (Å²) in [5.74, 6) is -1.22. The highest BCUT2D eigenvalue weighted by Crippen LogP contribution is 2.36. The highest BCUT2D eigenvalue weighted by atomic mass is 35.5. The van der Waals surface area contributed by atoms with Crippen molar-refractivity contribution in [2.75, 3.05) is 50.8 Å². The van der Waals surface area contributed by atoms with Crippen molar-refractivity contribution in [3.63, 3.8) is 0 Å². The molecular formula is C30H29ClF3N3O6S2. The molecule has 2 N–H and O–H groups in total. The molecule has 240 valence electrons. The third-order valence-corrected chi connectivity index (χ3v) is 10.5. The van der Waals surface area contributed by atoms with Gasteiger partial charge in [0.15, 0.2) is 5.78 Å². The first-order chi connectivity index (χ1) is 21.2. The normalized spacial score (nSPS) is 17.0. The monoisotopic (exact) mass is 683 g/mol. The Bertz CT molecular complexity index is 1840. The molecule has 2 aliphatic heterocycles. The van der Waals surface area contributed by atoms with Crippen molar-refractivity contribution < 1.29 is 39.5 Å². The number of nitrogens with two attached hydrogens (primary N) is 1. The van der Waals surface area contributed by atoms with E-state index in [0.29, 0.717) is 37.4 Å². The van der Waals surface area contributed by atoms with Crippen LogP contribution in [-0.4, -0.2) is 79.0 Å². The molecule has 0 unspecified atom stereocenters. The lowest BCUT2D eigenvalue weighted by atomic mass is 9.95. The molecule has 45 heavy (non-hydrogen) atoms. The number of sulfone groups is 1. The summed E-state index contributed by atoms with van der Waals surface area (Å²) < 4.78 is 94.8. The van der Waals surface area contributed by atoms with Gasteiger partial charge in [-0.2, -0.15) is 13.2 Å². The minimum atomic E-state index is -6.08. The van der Waals surface area contributed by atoms with Crippen LogP contribution in [0.4, 0.5) is 18.9 Å². The first-order valence-electron chi connectivity index (χ1n) is 13.8. The quantitative estimate of drug-likeness (QED) is 0.344.